The molecule has 2 aromatic heterocycles. The third-order valence-electron chi connectivity index (χ3n) is 3.42. The van der Waals surface area contributed by atoms with E-state index >= 15 is 0 Å². The monoisotopic (exact) mass is 282 g/mol. The standard InChI is InChI=1S/C13H13F3N4/c14-13(15,16)11-4-5-20(19-11)12-9(7-17)6-8-2-1-3-10(8)18-12/h4-6H,1-3,7,17H2. The van der Waals surface area contributed by atoms with Gasteiger partial charge >= 0.3 is 6.18 Å². The topological polar surface area (TPSA) is 56.7 Å². The first-order chi connectivity index (χ1) is 9.49. The first kappa shape index (κ1) is 13.1. The van der Waals surface area contributed by atoms with E-state index in [1.807, 2.05) is 6.07 Å². The minimum atomic E-state index is -4.45. The molecule has 2 heterocycles. The Bertz CT molecular complexity index is 646. The van der Waals surface area contributed by atoms with Crippen LogP contribution in [0.3, 0.4) is 0 Å². The van der Waals surface area contributed by atoms with Gasteiger partial charge in [0, 0.05) is 24.0 Å². The van der Waals surface area contributed by atoms with Crippen molar-refractivity contribution in [3.8, 4) is 5.82 Å². The molecule has 0 spiro atoms. The zero-order chi connectivity index (χ0) is 14.3. The molecule has 4 nitrogen and oxygen atoms in total. The number of aryl methyl sites for hydroxylation is 2. The van der Waals surface area contributed by atoms with Crippen LogP contribution < -0.4 is 5.73 Å². The Morgan fingerprint density at radius 1 is 1.30 bits per heavy atom. The fourth-order valence-electron chi connectivity index (χ4n) is 2.45. The molecule has 1 aliphatic carbocycles. The molecule has 20 heavy (non-hydrogen) atoms. The normalized spacial score (nSPS) is 14.6. The van der Waals surface area contributed by atoms with E-state index in [0.717, 1.165) is 41.3 Å². The fraction of sp³-hybridized carbons (Fsp3) is 0.385. The van der Waals surface area contributed by atoms with Crippen molar-refractivity contribution in [2.24, 2.45) is 5.73 Å². The molecule has 0 unspecified atom stereocenters. The van der Waals surface area contributed by atoms with Crippen LogP contribution >= 0.6 is 0 Å². The van der Waals surface area contributed by atoms with Gasteiger partial charge in [0.05, 0.1) is 0 Å². The van der Waals surface area contributed by atoms with Crippen molar-refractivity contribution in [2.75, 3.05) is 0 Å². The molecule has 0 atom stereocenters. The SMILES string of the molecule is NCc1cc2c(nc1-n1ccc(C(F)(F)F)n1)CCC2. The van der Waals surface area contributed by atoms with E-state index in [4.69, 9.17) is 5.73 Å². The molecule has 106 valence electrons. The Morgan fingerprint density at radius 2 is 2.10 bits per heavy atom. The highest BCUT2D eigenvalue weighted by atomic mass is 19.4. The second-order valence-corrected chi connectivity index (χ2v) is 4.78. The summed E-state index contributed by atoms with van der Waals surface area (Å²) in [5.41, 5.74) is 7.52. The maximum Gasteiger partial charge on any atom is 0.435 e. The van der Waals surface area contributed by atoms with Crippen molar-refractivity contribution in [1.82, 2.24) is 14.8 Å². The number of alkyl halides is 3. The third kappa shape index (κ3) is 2.18. The summed E-state index contributed by atoms with van der Waals surface area (Å²) in [4.78, 5) is 4.44. The highest BCUT2D eigenvalue weighted by molar-refractivity contribution is 5.41. The summed E-state index contributed by atoms with van der Waals surface area (Å²) in [7, 11) is 0. The molecule has 0 bridgehead atoms. The Hall–Kier alpha value is -1.89. The molecular weight excluding hydrogens is 269 g/mol. The number of nitrogens with two attached hydrogens (primary N) is 1. The number of hydrogen-bond donors (Lipinski definition) is 1. The lowest BCUT2D eigenvalue weighted by atomic mass is 10.1. The van der Waals surface area contributed by atoms with Gasteiger partial charge in [-0.25, -0.2) is 9.67 Å². The zero-order valence-electron chi connectivity index (χ0n) is 10.6. The number of hydrogen-bond acceptors (Lipinski definition) is 3. The van der Waals surface area contributed by atoms with E-state index in [-0.39, 0.29) is 6.54 Å². The second kappa shape index (κ2) is 4.59. The molecule has 7 heteroatoms. The van der Waals surface area contributed by atoms with Gasteiger partial charge in [0.15, 0.2) is 11.5 Å². The predicted octanol–water partition coefficient (Wildman–Crippen LogP) is 2.23. The Labute approximate surface area is 113 Å². The number of halogens is 3. The fourth-order valence-corrected chi connectivity index (χ4v) is 2.45. The maximum atomic E-state index is 12.6. The molecule has 3 rings (SSSR count). The van der Waals surface area contributed by atoms with Gasteiger partial charge in [-0.3, -0.25) is 0 Å². The molecule has 0 saturated heterocycles. The largest absolute Gasteiger partial charge is 0.435 e. The van der Waals surface area contributed by atoms with Gasteiger partial charge in [-0.1, -0.05) is 0 Å². The molecule has 0 amide bonds. The molecule has 0 radical (unpaired) electrons. The van der Waals surface area contributed by atoms with Crippen LogP contribution in [0.4, 0.5) is 13.2 Å². The van der Waals surface area contributed by atoms with Gasteiger partial charge in [-0.05, 0) is 37.0 Å². The van der Waals surface area contributed by atoms with E-state index in [0.29, 0.717) is 11.4 Å². The van der Waals surface area contributed by atoms with E-state index in [1.165, 1.54) is 6.20 Å². The summed E-state index contributed by atoms with van der Waals surface area (Å²) in [5.74, 6) is 0.392. The van der Waals surface area contributed by atoms with Crippen LogP contribution in [-0.4, -0.2) is 14.8 Å². The number of fused-ring (bicyclic) bond motifs is 1. The minimum absolute atomic E-state index is 0.219. The van der Waals surface area contributed by atoms with Crippen molar-refractivity contribution < 1.29 is 13.2 Å². The van der Waals surface area contributed by atoms with E-state index < -0.39 is 11.9 Å². The molecule has 0 aromatic carbocycles. The quantitative estimate of drug-likeness (QED) is 0.919. The number of rotatable bonds is 2. The zero-order valence-corrected chi connectivity index (χ0v) is 10.6. The highest BCUT2D eigenvalue weighted by Crippen LogP contribution is 2.29. The number of aromatic nitrogens is 3. The first-order valence-electron chi connectivity index (χ1n) is 6.34. The molecule has 2 N–H and O–H groups in total. The first-order valence-corrected chi connectivity index (χ1v) is 6.34. The van der Waals surface area contributed by atoms with E-state index in [1.54, 1.807) is 0 Å². The highest BCUT2D eigenvalue weighted by Gasteiger charge is 2.34. The Kier molecular flexibility index (Phi) is 3.01. The Balaban J connectivity index is 2.07. The van der Waals surface area contributed by atoms with Gasteiger partial charge in [0.2, 0.25) is 0 Å². The second-order valence-electron chi connectivity index (χ2n) is 4.78. The Morgan fingerprint density at radius 3 is 2.75 bits per heavy atom. The molecule has 0 saturated carbocycles. The third-order valence-corrected chi connectivity index (χ3v) is 3.42. The minimum Gasteiger partial charge on any atom is -0.326 e. The molecule has 2 aromatic rings. The van der Waals surface area contributed by atoms with Crippen LogP contribution in [0.1, 0.15) is 28.9 Å². The van der Waals surface area contributed by atoms with Crippen LogP contribution in [-0.2, 0) is 25.6 Å². The lowest BCUT2D eigenvalue weighted by Crippen LogP contribution is -2.12. The van der Waals surface area contributed by atoms with Gasteiger partial charge in [0.1, 0.15) is 0 Å². The summed E-state index contributed by atoms with van der Waals surface area (Å²) in [6, 6.07) is 2.87. The van der Waals surface area contributed by atoms with Crippen molar-refractivity contribution >= 4 is 0 Å². The van der Waals surface area contributed by atoms with Crippen LogP contribution in [0.15, 0.2) is 18.3 Å². The summed E-state index contributed by atoms with van der Waals surface area (Å²) in [6.45, 7) is 0.219. The molecular formula is C13H13F3N4. The smallest absolute Gasteiger partial charge is 0.326 e. The maximum absolute atomic E-state index is 12.6. The van der Waals surface area contributed by atoms with Crippen molar-refractivity contribution in [3.05, 3.63) is 40.8 Å². The van der Waals surface area contributed by atoms with Crippen molar-refractivity contribution in [2.45, 2.75) is 32.0 Å². The van der Waals surface area contributed by atoms with Gasteiger partial charge in [-0.15, -0.1) is 0 Å². The van der Waals surface area contributed by atoms with Gasteiger partial charge in [0.25, 0.3) is 0 Å². The average Bonchev–Trinajstić information content (AvgIpc) is 3.04. The van der Waals surface area contributed by atoms with Gasteiger partial charge in [-0.2, -0.15) is 18.3 Å². The van der Waals surface area contributed by atoms with Gasteiger partial charge < -0.3 is 5.73 Å². The predicted molar refractivity (Wildman–Crippen MR) is 66.3 cm³/mol. The summed E-state index contributed by atoms with van der Waals surface area (Å²) >= 11 is 0. The van der Waals surface area contributed by atoms with E-state index in [2.05, 4.69) is 10.1 Å². The molecule has 0 fully saturated rings. The lowest BCUT2D eigenvalue weighted by molar-refractivity contribution is -0.141. The summed E-state index contributed by atoms with van der Waals surface area (Å²) < 4.78 is 39.0. The lowest BCUT2D eigenvalue weighted by Gasteiger charge is -2.10. The van der Waals surface area contributed by atoms with Crippen LogP contribution in [0.5, 0.6) is 0 Å². The number of pyridine rings is 1. The van der Waals surface area contributed by atoms with Crippen LogP contribution in [0.2, 0.25) is 0 Å². The molecule has 0 aliphatic heterocycles. The van der Waals surface area contributed by atoms with Crippen LogP contribution in [0.25, 0.3) is 5.82 Å². The molecule has 1 aliphatic rings. The van der Waals surface area contributed by atoms with Crippen molar-refractivity contribution in [1.29, 1.82) is 0 Å². The number of nitrogens with zero attached hydrogens (tertiary/aromatic N) is 3. The summed E-state index contributed by atoms with van der Waals surface area (Å²) in [5, 5.41) is 3.56. The van der Waals surface area contributed by atoms with E-state index in [9.17, 15) is 13.2 Å². The average molecular weight is 282 g/mol. The summed E-state index contributed by atoms with van der Waals surface area (Å²) in [6.07, 6.45) is -0.373. The van der Waals surface area contributed by atoms with Crippen molar-refractivity contribution in [3.63, 3.8) is 0 Å². The van der Waals surface area contributed by atoms with Crippen LogP contribution in [0, 0.1) is 0 Å².